The molecule has 1 aromatic rings. The Labute approximate surface area is 118 Å². The lowest BCUT2D eigenvalue weighted by atomic mass is 9.72. The first-order valence-corrected chi connectivity index (χ1v) is 6.72. The predicted octanol–water partition coefficient (Wildman–Crippen LogP) is 0.999. The number of ether oxygens (including phenoxy) is 1. The average Bonchev–Trinajstić information content (AvgIpc) is 2.35. The van der Waals surface area contributed by atoms with Gasteiger partial charge in [0.1, 0.15) is 5.75 Å². The SMILES string of the molecule is COc1ccc(C(=O)N2CC3(CN(C(C)=O)C3)C2)cc1. The Morgan fingerprint density at radius 2 is 1.60 bits per heavy atom. The summed E-state index contributed by atoms with van der Waals surface area (Å²) in [6, 6.07) is 7.16. The zero-order chi connectivity index (χ0) is 14.3. The van der Waals surface area contributed by atoms with Crippen LogP contribution < -0.4 is 4.74 Å². The Morgan fingerprint density at radius 3 is 2.10 bits per heavy atom. The highest BCUT2D eigenvalue weighted by Gasteiger charge is 2.53. The van der Waals surface area contributed by atoms with Crippen molar-refractivity contribution in [1.82, 2.24) is 9.80 Å². The van der Waals surface area contributed by atoms with Crippen LogP contribution in [0.1, 0.15) is 17.3 Å². The number of hydrogen-bond donors (Lipinski definition) is 0. The van der Waals surface area contributed by atoms with Gasteiger partial charge in [0.25, 0.3) is 5.91 Å². The predicted molar refractivity (Wildman–Crippen MR) is 73.6 cm³/mol. The monoisotopic (exact) mass is 274 g/mol. The van der Waals surface area contributed by atoms with Crippen LogP contribution in [0.4, 0.5) is 0 Å². The molecule has 5 nitrogen and oxygen atoms in total. The maximum absolute atomic E-state index is 12.3. The van der Waals surface area contributed by atoms with Gasteiger partial charge in [0.05, 0.1) is 7.11 Å². The largest absolute Gasteiger partial charge is 0.497 e. The molecule has 0 radical (unpaired) electrons. The van der Waals surface area contributed by atoms with E-state index >= 15 is 0 Å². The molecule has 1 spiro atoms. The van der Waals surface area contributed by atoms with Crippen molar-refractivity contribution in [2.24, 2.45) is 5.41 Å². The minimum absolute atomic E-state index is 0.0551. The number of carbonyl (C=O) groups excluding carboxylic acids is 2. The summed E-state index contributed by atoms with van der Waals surface area (Å²) in [5.74, 6) is 0.924. The van der Waals surface area contributed by atoms with Crippen molar-refractivity contribution in [1.29, 1.82) is 0 Å². The molecule has 1 aromatic carbocycles. The number of rotatable bonds is 2. The Morgan fingerprint density at radius 1 is 1.05 bits per heavy atom. The van der Waals surface area contributed by atoms with Gasteiger partial charge in [-0.15, -0.1) is 0 Å². The fourth-order valence-corrected chi connectivity index (χ4v) is 3.01. The second-order valence-corrected chi connectivity index (χ2v) is 5.76. The molecule has 2 aliphatic rings. The lowest BCUT2D eigenvalue weighted by Crippen LogP contribution is -2.73. The average molecular weight is 274 g/mol. The summed E-state index contributed by atoms with van der Waals surface area (Å²) in [7, 11) is 1.60. The Kier molecular flexibility index (Phi) is 2.92. The van der Waals surface area contributed by atoms with Crippen LogP contribution in [0.15, 0.2) is 24.3 Å². The van der Waals surface area contributed by atoms with E-state index < -0.39 is 0 Å². The molecule has 0 aliphatic carbocycles. The van der Waals surface area contributed by atoms with Gasteiger partial charge in [0.2, 0.25) is 5.91 Å². The summed E-state index contributed by atoms with van der Waals surface area (Å²) < 4.78 is 5.08. The number of likely N-dealkylation sites (tertiary alicyclic amines) is 2. The maximum Gasteiger partial charge on any atom is 0.253 e. The molecule has 2 aliphatic heterocycles. The van der Waals surface area contributed by atoms with Crippen LogP contribution in [0.2, 0.25) is 0 Å². The molecular weight excluding hydrogens is 256 g/mol. The van der Waals surface area contributed by atoms with Gasteiger partial charge in [-0.3, -0.25) is 9.59 Å². The molecule has 0 bridgehead atoms. The summed E-state index contributed by atoms with van der Waals surface area (Å²) >= 11 is 0. The van der Waals surface area contributed by atoms with Crippen molar-refractivity contribution in [3.8, 4) is 5.75 Å². The molecule has 0 saturated carbocycles. The van der Waals surface area contributed by atoms with Gasteiger partial charge >= 0.3 is 0 Å². The van der Waals surface area contributed by atoms with Crippen molar-refractivity contribution in [3.63, 3.8) is 0 Å². The molecule has 0 atom stereocenters. The highest BCUT2D eigenvalue weighted by molar-refractivity contribution is 5.95. The molecule has 2 saturated heterocycles. The molecule has 5 heteroatoms. The first kappa shape index (κ1) is 13.0. The van der Waals surface area contributed by atoms with E-state index in [-0.39, 0.29) is 17.2 Å². The van der Waals surface area contributed by atoms with Crippen molar-refractivity contribution in [2.45, 2.75) is 6.92 Å². The molecule has 0 N–H and O–H groups in total. The van der Waals surface area contributed by atoms with Gasteiger partial charge in [-0.1, -0.05) is 0 Å². The molecule has 2 heterocycles. The minimum atomic E-state index is 0.0551. The van der Waals surface area contributed by atoms with E-state index in [1.807, 2.05) is 9.80 Å². The fraction of sp³-hybridized carbons (Fsp3) is 0.467. The Bertz CT molecular complexity index is 539. The second kappa shape index (κ2) is 4.51. The molecule has 3 rings (SSSR count). The van der Waals surface area contributed by atoms with E-state index in [1.54, 1.807) is 38.3 Å². The zero-order valence-electron chi connectivity index (χ0n) is 11.8. The van der Waals surface area contributed by atoms with Crippen LogP contribution in [-0.4, -0.2) is 54.9 Å². The number of benzene rings is 1. The van der Waals surface area contributed by atoms with Crippen LogP contribution >= 0.6 is 0 Å². The van der Waals surface area contributed by atoms with Crippen LogP contribution in [-0.2, 0) is 4.79 Å². The molecule has 20 heavy (non-hydrogen) atoms. The van der Waals surface area contributed by atoms with Gasteiger partial charge in [-0.25, -0.2) is 0 Å². The van der Waals surface area contributed by atoms with E-state index in [0.717, 1.165) is 31.9 Å². The van der Waals surface area contributed by atoms with Crippen molar-refractivity contribution >= 4 is 11.8 Å². The molecular formula is C15H18N2O3. The van der Waals surface area contributed by atoms with Gasteiger partial charge in [-0.05, 0) is 24.3 Å². The van der Waals surface area contributed by atoms with Crippen molar-refractivity contribution in [2.75, 3.05) is 33.3 Å². The second-order valence-electron chi connectivity index (χ2n) is 5.76. The minimum Gasteiger partial charge on any atom is -0.497 e. The third-order valence-electron chi connectivity index (χ3n) is 4.17. The number of methoxy groups -OCH3 is 1. The standard InChI is InChI=1S/C15H18N2O3/c1-11(18)16-7-15(8-16)9-17(10-15)14(19)12-3-5-13(20-2)6-4-12/h3-6H,7-10H2,1-2H3. The molecule has 2 amide bonds. The van der Waals surface area contributed by atoms with Crippen molar-refractivity contribution in [3.05, 3.63) is 29.8 Å². The summed E-state index contributed by atoms with van der Waals surface area (Å²) in [5, 5.41) is 0. The summed E-state index contributed by atoms with van der Waals surface area (Å²) in [4.78, 5) is 27.1. The number of nitrogens with zero attached hydrogens (tertiary/aromatic N) is 2. The van der Waals surface area contributed by atoms with Crippen LogP contribution in [0.5, 0.6) is 5.75 Å². The third kappa shape index (κ3) is 2.03. The molecule has 0 unspecified atom stereocenters. The van der Waals surface area contributed by atoms with E-state index in [9.17, 15) is 9.59 Å². The summed E-state index contributed by atoms with van der Waals surface area (Å²) in [6.07, 6.45) is 0. The Balaban J connectivity index is 1.57. The smallest absolute Gasteiger partial charge is 0.253 e. The third-order valence-corrected chi connectivity index (χ3v) is 4.17. The first-order valence-electron chi connectivity index (χ1n) is 6.72. The van der Waals surface area contributed by atoms with Crippen LogP contribution in [0.3, 0.4) is 0 Å². The summed E-state index contributed by atoms with van der Waals surface area (Å²) in [5.41, 5.74) is 0.844. The lowest BCUT2D eigenvalue weighted by molar-refractivity contribution is -0.152. The van der Waals surface area contributed by atoms with Gasteiger partial charge in [0.15, 0.2) is 0 Å². The van der Waals surface area contributed by atoms with E-state index in [2.05, 4.69) is 0 Å². The van der Waals surface area contributed by atoms with Crippen LogP contribution in [0, 0.1) is 5.41 Å². The van der Waals surface area contributed by atoms with E-state index in [1.165, 1.54) is 0 Å². The highest BCUT2D eigenvalue weighted by Crippen LogP contribution is 2.40. The first-order chi connectivity index (χ1) is 9.53. The van der Waals surface area contributed by atoms with Gasteiger partial charge in [-0.2, -0.15) is 0 Å². The number of carbonyl (C=O) groups is 2. The van der Waals surface area contributed by atoms with Crippen molar-refractivity contribution < 1.29 is 14.3 Å². The molecule has 0 aromatic heterocycles. The van der Waals surface area contributed by atoms with Crippen LogP contribution in [0.25, 0.3) is 0 Å². The number of hydrogen-bond acceptors (Lipinski definition) is 3. The normalized spacial score (nSPS) is 19.3. The molecule has 2 fully saturated rings. The lowest BCUT2D eigenvalue weighted by Gasteiger charge is -2.60. The van der Waals surface area contributed by atoms with E-state index in [4.69, 9.17) is 4.74 Å². The Hall–Kier alpha value is -2.04. The van der Waals surface area contributed by atoms with Gasteiger partial charge < -0.3 is 14.5 Å². The number of amides is 2. The fourth-order valence-electron chi connectivity index (χ4n) is 3.01. The zero-order valence-corrected chi connectivity index (χ0v) is 11.8. The topological polar surface area (TPSA) is 49.9 Å². The molecule has 106 valence electrons. The van der Waals surface area contributed by atoms with E-state index in [0.29, 0.717) is 5.56 Å². The maximum atomic E-state index is 12.3. The quantitative estimate of drug-likeness (QED) is 0.808. The van der Waals surface area contributed by atoms with Gasteiger partial charge in [0, 0.05) is 44.1 Å². The summed E-state index contributed by atoms with van der Waals surface area (Å²) in [6.45, 7) is 4.67. The highest BCUT2D eigenvalue weighted by atomic mass is 16.5.